The lowest BCUT2D eigenvalue weighted by Crippen LogP contribution is -2.50. The van der Waals surface area contributed by atoms with E-state index in [2.05, 4.69) is 4.90 Å². The monoisotopic (exact) mass is 352 g/mol. The van der Waals surface area contributed by atoms with E-state index >= 15 is 0 Å². The van der Waals surface area contributed by atoms with E-state index in [9.17, 15) is 8.42 Å². The second-order valence-corrected chi connectivity index (χ2v) is 8.88. The third-order valence-electron chi connectivity index (χ3n) is 5.18. The van der Waals surface area contributed by atoms with Crippen molar-refractivity contribution < 1.29 is 13.2 Å². The van der Waals surface area contributed by atoms with Crippen LogP contribution in [0, 0.1) is 13.8 Å². The van der Waals surface area contributed by atoms with Crippen LogP contribution in [0.25, 0.3) is 0 Å². The molecule has 1 atom stereocenters. The fraction of sp³-hybridized carbons (Fsp3) is 0.667. The Labute approximate surface area is 145 Å². The summed E-state index contributed by atoms with van der Waals surface area (Å²) in [5.74, 6) is 0. The zero-order valence-corrected chi connectivity index (χ0v) is 15.5. The van der Waals surface area contributed by atoms with Gasteiger partial charge in [-0.15, -0.1) is 0 Å². The van der Waals surface area contributed by atoms with Gasteiger partial charge >= 0.3 is 0 Å². The highest BCUT2D eigenvalue weighted by Gasteiger charge is 2.29. The van der Waals surface area contributed by atoms with Gasteiger partial charge in [0.25, 0.3) is 0 Å². The molecular formula is C18H28N2O3S. The van der Waals surface area contributed by atoms with Gasteiger partial charge in [0.1, 0.15) is 0 Å². The normalized spacial score (nSPS) is 24.2. The molecule has 1 aromatic carbocycles. The molecule has 0 spiro atoms. The van der Waals surface area contributed by atoms with Crippen molar-refractivity contribution in [1.82, 2.24) is 9.21 Å². The van der Waals surface area contributed by atoms with Gasteiger partial charge in [-0.25, -0.2) is 8.42 Å². The number of piperazine rings is 1. The second-order valence-electron chi connectivity index (χ2n) is 6.94. The molecule has 0 aliphatic carbocycles. The molecule has 5 nitrogen and oxygen atoms in total. The largest absolute Gasteiger partial charge is 0.377 e. The van der Waals surface area contributed by atoms with Gasteiger partial charge in [0.05, 0.1) is 11.0 Å². The fourth-order valence-corrected chi connectivity index (χ4v) is 4.92. The average molecular weight is 353 g/mol. The Morgan fingerprint density at radius 1 is 1.08 bits per heavy atom. The predicted molar refractivity (Wildman–Crippen MR) is 94.7 cm³/mol. The molecule has 2 aliphatic heterocycles. The molecule has 0 N–H and O–H groups in total. The third kappa shape index (κ3) is 3.99. The number of hydrogen-bond acceptors (Lipinski definition) is 4. The highest BCUT2D eigenvalue weighted by Crippen LogP contribution is 2.21. The second kappa shape index (κ2) is 7.52. The van der Waals surface area contributed by atoms with Crippen LogP contribution in [0.1, 0.15) is 30.4 Å². The Hall–Kier alpha value is -0.950. The van der Waals surface area contributed by atoms with Crippen molar-refractivity contribution in [3.63, 3.8) is 0 Å². The highest BCUT2D eigenvalue weighted by molar-refractivity contribution is 7.89. The molecule has 24 heavy (non-hydrogen) atoms. The van der Waals surface area contributed by atoms with Crippen molar-refractivity contribution in [2.24, 2.45) is 0 Å². The van der Waals surface area contributed by atoms with Gasteiger partial charge in [-0.1, -0.05) is 6.07 Å². The lowest BCUT2D eigenvalue weighted by Gasteiger charge is -2.36. The molecule has 0 radical (unpaired) electrons. The maximum atomic E-state index is 12.8. The predicted octanol–water partition coefficient (Wildman–Crippen LogP) is 2.18. The highest BCUT2D eigenvalue weighted by atomic mass is 32.2. The summed E-state index contributed by atoms with van der Waals surface area (Å²) in [4.78, 5) is 2.75. The van der Waals surface area contributed by atoms with Crippen LogP contribution < -0.4 is 0 Å². The molecule has 134 valence electrons. The summed E-state index contributed by atoms with van der Waals surface area (Å²) in [6.45, 7) is 8.43. The van der Waals surface area contributed by atoms with Crippen LogP contribution in [-0.4, -0.2) is 63.1 Å². The van der Waals surface area contributed by atoms with Gasteiger partial charge < -0.3 is 4.74 Å². The Bertz CT molecular complexity index is 661. The van der Waals surface area contributed by atoms with E-state index in [1.54, 1.807) is 16.4 Å². The van der Waals surface area contributed by atoms with Crippen LogP contribution in [0.5, 0.6) is 0 Å². The molecular weight excluding hydrogens is 324 g/mol. The summed E-state index contributed by atoms with van der Waals surface area (Å²) < 4.78 is 33.1. The van der Waals surface area contributed by atoms with E-state index in [4.69, 9.17) is 4.74 Å². The zero-order valence-electron chi connectivity index (χ0n) is 14.7. The maximum Gasteiger partial charge on any atom is 0.243 e. The molecule has 3 rings (SSSR count). The smallest absolute Gasteiger partial charge is 0.243 e. The minimum absolute atomic E-state index is 0.321. The van der Waals surface area contributed by atoms with Crippen molar-refractivity contribution in [1.29, 1.82) is 0 Å². The molecule has 0 aromatic heterocycles. The topological polar surface area (TPSA) is 49.9 Å². The van der Waals surface area contributed by atoms with Crippen molar-refractivity contribution in [2.75, 3.05) is 39.3 Å². The summed E-state index contributed by atoms with van der Waals surface area (Å²) in [5.41, 5.74) is 2.13. The van der Waals surface area contributed by atoms with Crippen LogP contribution in [-0.2, 0) is 14.8 Å². The minimum Gasteiger partial charge on any atom is -0.377 e. The number of hydrogen-bond donors (Lipinski definition) is 0. The van der Waals surface area contributed by atoms with Gasteiger partial charge in [0.2, 0.25) is 10.0 Å². The van der Waals surface area contributed by atoms with Crippen LogP contribution in [0.3, 0.4) is 0 Å². The maximum absolute atomic E-state index is 12.8. The number of nitrogens with zero attached hydrogens (tertiary/aromatic N) is 2. The Balaban J connectivity index is 1.59. The Kier molecular flexibility index (Phi) is 5.59. The Morgan fingerprint density at radius 2 is 1.83 bits per heavy atom. The summed E-state index contributed by atoms with van der Waals surface area (Å²) in [5, 5.41) is 0. The number of aryl methyl sites for hydroxylation is 2. The van der Waals surface area contributed by atoms with Gasteiger partial charge in [-0.05, 0) is 56.4 Å². The molecule has 0 saturated carbocycles. The molecule has 2 fully saturated rings. The first kappa shape index (κ1) is 17.9. The van der Waals surface area contributed by atoms with Crippen molar-refractivity contribution in [2.45, 2.75) is 44.1 Å². The van der Waals surface area contributed by atoms with E-state index in [1.165, 1.54) is 12.8 Å². The molecule has 2 heterocycles. The van der Waals surface area contributed by atoms with Crippen LogP contribution in [0.15, 0.2) is 23.1 Å². The third-order valence-corrected chi connectivity index (χ3v) is 7.08. The number of rotatable bonds is 4. The molecule has 1 aromatic rings. The number of sulfonamides is 1. The van der Waals surface area contributed by atoms with Crippen LogP contribution in [0.4, 0.5) is 0 Å². The van der Waals surface area contributed by atoms with Crippen molar-refractivity contribution in [3.05, 3.63) is 29.3 Å². The summed E-state index contributed by atoms with van der Waals surface area (Å²) in [6.07, 6.45) is 3.85. The van der Waals surface area contributed by atoms with E-state index < -0.39 is 10.0 Å². The number of benzene rings is 1. The standard InChI is InChI=1S/C18H28N2O3S/c1-15-6-7-18(13-16(15)2)24(21,22)20-10-8-19(9-11-20)14-17-5-3-4-12-23-17/h6-7,13,17H,3-5,8-12,14H2,1-2H3/t17-/m0/s1. The molecule has 6 heteroatoms. The fourth-order valence-electron chi connectivity index (χ4n) is 3.42. The molecule has 0 unspecified atom stereocenters. The SMILES string of the molecule is Cc1ccc(S(=O)(=O)N2CCN(C[C@@H]3CCCCO3)CC2)cc1C. The van der Waals surface area contributed by atoms with Crippen molar-refractivity contribution in [3.8, 4) is 0 Å². The van der Waals surface area contributed by atoms with Crippen LogP contribution >= 0.6 is 0 Å². The first-order valence-electron chi connectivity index (χ1n) is 8.88. The molecule has 0 amide bonds. The van der Waals surface area contributed by atoms with Gasteiger partial charge in [-0.2, -0.15) is 4.31 Å². The molecule has 2 saturated heterocycles. The molecule has 0 bridgehead atoms. The van der Waals surface area contributed by atoms with E-state index in [0.29, 0.717) is 24.1 Å². The first-order valence-corrected chi connectivity index (χ1v) is 10.3. The van der Waals surface area contributed by atoms with E-state index in [1.807, 2.05) is 19.9 Å². The van der Waals surface area contributed by atoms with Gasteiger partial charge in [0.15, 0.2) is 0 Å². The average Bonchev–Trinajstić information content (AvgIpc) is 2.58. The number of ether oxygens (including phenoxy) is 1. The summed E-state index contributed by atoms with van der Waals surface area (Å²) in [6, 6.07) is 5.39. The minimum atomic E-state index is -3.38. The molecule has 2 aliphatic rings. The lowest BCUT2D eigenvalue weighted by atomic mass is 10.1. The summed E-state index contributed by atoms with van der Waals surface area (Å²) >= 11 is 0. The van der Waals surface area contributed by atoms with E-state index in [0.717, 1.165) is 43.8 Å². The van der Waals surface area contributed by atoms with Crippen molar-refractivity contribution >= 4 is 10.0 Å². The zero-order chi connectivity index (χ0) is 17.2. The van der Waals surface area contributed by atoms with Crippen LogP contribution in [0.2, 0.25) is 0 Å². The lowest BCUT2D eigenvalue weighted by molar-refractivity contribution is -0.0103. The quantitative estimate of drug-likeness (QED) is 0.833. The Morgan fingerprint density at radius 3 is 2.46 bits per heavy atom. The van der Waals surface area contributed by atoms with Gasteiger partial charge in [-0.3, -0.25) is 4.90 Å². The summed E-state index contributed by atoms with van der Waals surface area (Å²) in [7, 11) is -3.38. The van der Waals surface area contributed by atoms with E-state index in [-0.39, 0.29) is 0 Å². The first-order chi connectivity index (χ1) is 11.5. The van der Waals surface area contributed by atoms with Gasteiger partial charge in [0, 0.05) is 39.3 Å².